The van der Waals surface area contributed by atoms with Gasteiger partial charge in [-0.05, 0) is 47.9 Å². The first-order valence-electron chi connectivity index (χ1n) is 10.0. The number of nitrogens with zero attached hydrogens (tertiary/aromatic N) is 1. The van der Waals surface area contributed by atoms with Crippen molar-refractivity contribution in [1.29, 1.82) is 0 Å². The fourth-order valence-electron chi connectivity index (χ4n) is 2.92. The Balaban J connectivity index is 1.56. The number of hydrogen-bond acceptors (Lipinski definition) is 5. The molecule has 3 aromatic carbocycles. The Morgan fingerprint density at radius 2 is 1.66 bits per heavy atom. The Morgan fingerprint density at radius 3 is 2.34 bits per heavy atom. The molecule has 0 spiro atoms. The third kappa shape index (κ3) is 6.42. The van der Waals surface area contributed by atoms with Crippen molar-refractivity contribution in [2.45, 2.75) is 24.7 Å². The third-order valence-electron chi connectivity index (χ3n) is 4.64. The molecule has 0 aromatic heterocycles. The molecule has 164 valence electrons. The molecule has 0 fully saturated rings. The third-order valence-corrected chi connectivity index (χ3v) is 5.64. The van der Waals surface area contributed by atoms with Gasteiger partial charge < -0.3 is 10.6 Å². The molecule has 2 N–H and O–H groups in total. The highest BCUT2D eigenvalue weighted by molar-refractivity contribution is 8.00. The lowest BCUT2D eigenvalue weighted by atomic mass is 10.0. The number of hydrogen-bond donors (Lipinski definition) is 2. The maximum Gasteiger partial charge on any atom is 0.270 e. The van der Waals surface area contributed by atoms with Crippen LogP contribution in [-0.4, -0.2) is 22.5 Å². The van der Waals surface area contributed by atoms with Gasteiger partial charge in [0.1, 0.15) is 0 Å². The van der Waals surface area contributed by atoms with E-state index in [-0.39, 0.29) is 22.9 Å². The van der Waals surface area contributed by atoms with E-state index < -0.39 is 10.8 Å². The maximum atomic E-state index is 12.4. The lowest BCUT2D eigenvalue weighted by molar-refractivity contribution is -0.384. The molecule has 3 rings (SSSR count). The molecule has 2 amide bonds. The van der Waals surface area contributed by atoms with E-state index in [0.717, 1.165) is 10.6 Å². The van der Waals surface area contributed by atoms with Crippen LogP contribution in [0.1, 0.15) is 35.7 Å². The number of rotatable bonds is 8. The summed E-state index contributed by atoms with van der Waals surface area (Å²) in [5, 5.41) is 16.5. The Kier molecular flexibility index (Phi) is 7.62. The summed E-state index contributed by atoms with van der Waals surface area (Å²) in [4.78, 5) is 35.9. The largest absolute Gasteiger partial charge is 0.325 e. The van der Waals surface area contributed by atoms with Crippen molar-refractivity contribution in [1.82, 2.24) is 0 Å². The molecular formula is C24H23N3O4S. The summed E-state index contributed by atoms with van der Waals surface area (Å²) in [7, 11) is 0. The number of nitro benzene ring substituents is 1. The molecule has 0 aliphatic heterocycles. The van der Waals surface area contributed by atoms with Gasteiger partial charge in [-0.25, -0.2) is 0 Å². The van der Waals surface area contributed by atoms with Crippen LogP contribution in [0.25, 0.3) is 0 Å². The van der Waals surface area contributed by atoms with Gasteiger partial charge in [0.2, 0.25) is 5.91 Å². The van der Waals surface area contributed by atoms with Crippen LogP contribution < -0.4 is 10.6 Å². The zero-order valence-corrected chi connectivity index (χ0v) is 18.5. The maximum absolute atomic E-state index is 12.4. The SMILES string of the molecule is CC(C)c1ccc(NC(=O)CSc2cccc(NC(=O)c3cccc([N+](=O)[O-])c3)c2)cc1. The van der Waals surface area contributed by atoms with E-state index in [4.69, 9.17) is 0 Å². The number of benzene rings is 3. The molecule has 0 aliphatic carbocycles. The highest BCUT2D eigenvalue weighted by Gasteiger charge is 2.12. The van der Waals surface area contributed by atoms with Crippen LogP contribution in [0.3, 0.4) is 0 Å². The Labute approximate surface area is 190 Å². The second kappa shape index (κ2) is 10.6. The molecule has 0 aliphatic rings. The van der Waals surface area contributed by atoms with E-state index in [1.54, 1.807) is 18.2 Å². The van der Waals surface area contributed by atoms with Crippen molar-refractivity contribution in [3.05, 3.63) is 94.0 Å². The van der Waals surface area contributed by atoms with Gasteiger partial charge in [-0.1, -0.05) is 38.1 Å². The Bertz CT molecular complexity index is 1130. The van der Waals surface area contributed by atoms with E-state index in [1.807, 2.05) is 30.3 Å². The molecule has 0 bridgehead atoms. The average molecular weight is 450 g/mol. The monoisotopic (exact) mass is 449 g/mol. The van der Waals surface area contributed by atoms with Crippen LogP contribution in [0, 0.1) is 10.1 Å². The van der Waals surface area contributed by atoms with Gasteiger partial charge in [-0.3, -0.25) is 19.7 Å². The minimum atomic E-state index is -0.544. The highest BCUT2D eigenvalue weighted by atomic mass is 32.2. The lowest BCUT2D eigenvalue weighted by Gasteiger charge is -2.09. The van der Waals surface area contributed by atoms with Gasteiger partial charge in [0.25, 0.3) is 11.6 Å². The summed E-state index contributed by atoms with van der Waals surface area (Å²) in [5.41, 5.74) is 2.54. The van der Waals surface area contributed by atoms with Crippen LogP contribution in [-0.2, 0) is 4.79 Å². The van der Waals surface area contributed by atoms with Crippen molar-refractivity contribution >= 4 is 40.6 Å². The summed E-state index contributed by atoms with van der Waals surface area (Å²) in [6.07, 6.45) is 0. The van der Waals surface area contributed by atoms with E-state index in [2.05, 4.69) is 24.5 Å². The second-order valence-corrected chi connectivity index (χ2v) is 8.45. The number of carbonyl (C=O) groups excluding carboxylic acids is 2. The topological polar surface area (TPSA) is 101 Å². The molecule has 0 saturated heterocycles. The smallest absolute Gasteiger partial charge is 0.270 e. The fourth-order valence-corrected chi connectivity index (χ4v) is 3.68. The quantitative estimate of drug-likeness (QED) is 0.261. The number of amides is 2. The van der Waals surface area contributed by atoms with Crippen molar-refractivity contribution in [3.63, 3.8) is 0 Å². The zero-order valence-electron chi connectivity index (χ0n) is 17.7. The summed E-state index contributed by atoms with van der Waals surface area (Å²) in [6.45, 7) is 4.23. The summed E-state index contributed by atoms with van der Waals surface area (Å²) in [6, 6.07) is 20.4. The number of thioether (sulfide) groups is 1. The molecule has 7 nitrogen and oxygen atoms in total. The first-order chi connectivity index (χ1) is 15.3. The normalized spacial score (nSPS) is 10.6. The van der Waals surface area contributed by atoms with Crippen molar-refractivity contribution in [2.75, 3.05) is 16.4 Å². The first-order valence-corrected chi connectivity index (χ1v) is 11.0. The van der Waals surface area contributed by atoms with E-state index >= 15 is 0 Å². The van der Waals surface area contributed by atoms with Crippen molar-refractivity contribution < 1.29 is 14.5 Å². The number of non-ortho nitro benzene ring substituents is 1. The van der Waals surface area contributed by atoms with E-state index in [9.17, 15) is 19.7 Å². The lowest BCUT2D eigenvalue weighted by Crippen LogP contribution is -2.14. The number of nitro groups is 1. The van der Waals surface area contributed by atoms with Crippen LogP contribution in [0.2, 0.25) is 0 Å². The molecule has 0 heterocycles. The van der Waals surface area contributed by atoms with Gasteiger partial charge in [-0.15, -0.1) is 11.8 Å². The molecule has 0 atom stereocenters. The van der Waals surface area contributed by atoms with Crippen LogP contribution >= 0.6 is 11.8 Å². The van der Waals surface area contributed by atoms with E-state index in [0.29, 0.717) is 11.6 Å². The number of anilines is 2. The van der Waals surface area contributed by atoms with E-state index in [1.165, 1.54) is 41.6 Å². The van der Waals surface area contributed by atoms with Crippen LogP contribution in [0.4, 0.5) is 17.1 Å². The highest BCUT2D eigenvalue weighted by Crippen LogP contribution is 2.23. The molecule has 0 saturated carbocycles. The molecule has 3 aromatic rings. The molecule has 32 heavy (non-hydrogen) atoms. The Morgan fingerprint density at radius 1 is 0.938 bits per heavy atom. The predicted octanol–water partition coefficient (Wildman–Crippen LogP) is 5.70. The van der Waals surface area contributed by atoms with Gasteiger partial charge in [0, 0.05) is 34.0 Å². The van der Waals surface area contributed by atoms with Crippen LogP contribution in [0.15, 0.2) is 77.7 Å². The number of carbonyl (C=O) groups is 2. The Hall–Kier alpha value is -3.65. The first kappa shape index (κ1) is 23.0. The second-order valence-electron chi connectivity index (χ2n) is 7.40. The zero-order chi connectivity index (χ0) is 23.1. The summed E-state index contributed by atoms with van der Waals surface area (Å²) >= 11 is 1.35. The number of nitrogens with one attached hydrogen (secondary N) is 2. The van der Waals surface area contributed by atoms with Crippen molar-refractivity contribution in [2.24, 2.45) is 0 Å². The standard InChI is InChI=1S/C24H23N3O4S/c1-16(2)17-9-11-19(12-10-17)25-23(28)15-32-22-8-4-6-20(14-22)26-24(29)18-5-3-7-21(13-18)27(30)31/h3-14,16H,15H2,1-2H3,(H,25,28)(H,26,29). The summed E-state index contributed by atoms with van der Waals surface area (Å²) < 4.78 is 0. The fraction of sp³-hybridized carbons (Fsp3) is 0.167. The summed E-state index contributed by atoms with van der Waals surface area (Å²) in [5.74, 6) is 0.0747. The minimum absolute atomic E-state index is 0.127. The van der Waals surface area contributed by atoms with Gasteiger partial charge in [0.15, 0.2) is 0 Å². The molecule has 0 unspecified atom stereocenters. The van der Waals surface area contributed by atoms with Gasteiger partial charge in [-0.2, -0.15) is 0 Å². The molecule has 0 radical (unpaired) electrons. The van der Waals surface area contributed by atoms with Gasteiger partial charge in [0.05, 0.1) is 10.7 Å². The van der Waals surface area contributed by atoms with Gasteiger partial charge >= 0.3 is 0 Å². The predicted molar refractivity (Wildman–Crippen MR) is 127 cm³/mol. The molecular weight excluding hydrogens is 426 g/mol. The molecule has 8 heteroatoms. The average Bonchev–Trinajstić information content (AvgIpc) is 2.78. The van der Waals surface area contributed by atoms with Crippen LogP contribution in [0.5, 0.6) is 0 Å². The van der Waals surface area contributed by atoms with Crippen molar-refractivity contribution in [3.8, 4) is 0 Å². The minimum Gasteiger partial charge on any atom is -0.325 e.